The molecule has 1 amide bonds. The van der Waals surface area contributed by atoms with E-state index in [9.17, 15) is 4.79 Å². The van der Waals surface area contributed by atoms with Gasteiger partial charge in [-0.05, 0) is 69.4 Å². The third-order valence-electron chi connectivity index (χ3n) is 7.51. The lowest BCUT2D eigenvalue weighted by Gasteiger charge is -2.47. The van der Waals surface area contributed by atoms with Crippen LogP contribution in [-0.2, 0) is 6.42 Å². The van der Waals surface area contributed by atoms with E-state index in [2.05, 4.69) is 53.0 Å². The summed E-state index contributed by atoms with van der Waals surface area (Å²) < 4.78 is 2.15. The summed E-state index contributed by atoms with van der Waals surface area (Å²) >= 11 is 1.91. The summed E-state index contributed by atoms with van der Waals surface area (Å²) in [7, 11) is 0. The zero-order valence-corrected chi connectivity index (χ0v) is 18.6. The van der Waals surface area contributed by atoms with Crippen molar-refractivity contribution in [3.63, 3.8) is 0 Å². The van der Waals surface area contributed by atoms with Crippen molar-refractivity contribution < 1.29 is 4.79 Å². The molecule has 156 valence electrons. The van der Waals surface area contributed by atoms with Crippen molar-refractivity contribution in [3.05, 3.63) is 38.8 Å². The van der Waals surface area contributed by atoms with Gasteiger partial charge in [0.15, 0.2) is 0 Å². The molecular formula is C23H32N4OS. The second kappa shape index (κ2) is 7.55. The summed E-state index contributed by atoms with van der Waals surface area (Å²) in [5, 5.41) is 7.60. The summed E-state index contributed by atoms with van der Waals surface area (Å²) in [6, 6.07) is 3.41. The van der Waals surface area contributed by atoms with Crippen molar-refractivity contribution in [1.82, 2.24) is 20.0 Å². The lowest BCUT2D eigenvalue weighted by atomic mass is 9.76. The first-order valence-corrected chi connectivity index (χ1v) is 12.0. The molecule has 0 bridgehead atoms. The number of nitrogens with one attached hydrogen (secondary N) is 1. The molecule has 2 aromatic rings. The quantitative estimate of drug-likeness (QED) is 0.824. The largest absolute Gasteiger partial charge is 0.352 e. The van der Waals surface area contributed by atoms with Gasteiger partial charge in [-0.15, -0.1) is 11.3 Å². The summed E-state index contributed by atoms with van der Waals surface area (Å²) in [5.74, 6) is 1.45. The number of carbonyl (C=O) groups is 1. The number of rotatable bonds is 4. The lowest BCUT2D eigenvalue weighted by Crippen LogP contribution is -2.53. The molecular weight excluding hydrogens is 380 g/mol. The number of fused-ring (bicyclic) bond motifs is 1. The van der Waals surface area contributed by atoms with Crippen LogP contribution in [0, 0.1) is 19.8 Å². The average molecular weight is 413 g/mol. The van der Waals surface area contributed by atoms with Gasteiger partial charge in [0.2, 0.25) is 0 Å². The number of nitrogens with zero attached hydrogens (tertiary/aromatic N) is 3. The molecule has 1 atom stereocenters. The Morgan fingerprint density at radius 2 is 1.93 bits per heavy atom. The van der Waals surface area contributed by atoms with Crippen molar-refractivity contribution in [3.8, 4) is 0 Å². The molecule has 0 spiro atoms. The maximum atomic E-state index is 12.3. The third kappa shape index (κ3) is 3.44. The van der Waals surface area contributed by atoms with Crippen LogP contribution in [0.2, 0.25) is 0 Å². The topological polar surface area (TPSA) is 50.2 Å². The molecule has 29 heavy (non-hydrogen) atoms. The predicted molar refractivity (Wildman–Crippen MR) is 117 cm³/mol. The van der Waals surface area contributed by atoms with Gasteiger partial charge in [0.1, 0.15) is 0 Å². The number of hydrogen-bond acceptors (Lipinski definition) is 4. The smallest absolute Gasteiger partial charge is 0.252 e. The van der Waals surface area contributed by atoms with Crippen LogP contribution in [0.15, 0.2) is 12.3 Å². The maximum Gasteiger partial charge on any atom is 0.252 e. The average Bonchev–Trinajstić information content (AvgIpc) is 3.25. The SMILES string of the molecule is Cc1ccn(C2CN(C3CCC([C@@H](C)c4sc5c(c4C)C(=O)NCC5)CC3)C2)n1. The van der Waals surface area contributed by atoms with Gasteiger partial charge in [-0.1, -0.05) is 6.92 Å². The first kappa shape index (κ1) is 19.3. The Labute approximate surface area is 177 Å². The number of amides is 1. The Bertz CT molecular complexity index is 902. The molecule has 1 saturated heterocycles. The maximum absolute atomic E-state index is 12.3. The van der Waals surface area contributed by atoms with Crippen LogP contribution < -0.4 is 5.32 Å². The van der Waals surface area contributed by atoms with Crippen LogP contribution in [0.25, 0.3) is 0 Å². The second-order valence-corrected chi connectivity index (χ2v) is 10.4. The van der Waals surface area contributed by atoms with E-state index in [1.807, 2.05) is 11.3 Å². The van der Waals surface area contributed by atoms with E-state index in [0.29, 0.717) is 12.0 Å². The van der Waals surface area contributed by atoms with Crippen molar-refractivity contribution in [2.45, 2.75) is 70.9 Å². The van der Waals surface area contributed by atoms with Crippen molar-refractivity contribution in [2.24, 2.45) is 5.92 Å². The van der Waals surface area contributed by atoms with Crippen LogP contribution in [0.1, 0.15) is 75.9 Å². The fraction of sp³-hybridized carbons (Fsp3) is 0.652. The Morgan fingerprint density at radius 3 is 2.59 bits per heavy atom. The van der Waals surface area contributed by atoms with Crippen LogP contribution in [0.3, 0.4) is 0 Å². The van der Waals surface area contributed by atoms with Crippen LogP contribution in [0.5, 0.6) is 0 Å². The van der Waals surface area contributed by atoms with Gasteiger partial charge in [0.05, 0.1) is 17.3 Å². The number of aryl methyl sites for hydroxylation is 1. The molecule has 5 rings (SSSR count). The first-order chi connectivity index (χ1) is 14.0. The molecule has 2 aliphatic heterocycles. The minimum atomic E-state index is 0.141. The minimum Gasteiger partial charge on any atom is -0.352 e. The summed E-state index contributed by atoms with van der Waals surface area (Å²) in [5.41, 5.74) is 3.34. The van der Waals surface area contributed by atoms with Crippen molar-refractivity contribution >= 4 is 17.2 Å². The molecule has 1 aliphatic carbocycles. The van der Waals surface area contributed by atoms with E-state index in [-0.39, 0.29) is 5.91 Å². The molecule has 5 nitrogen and oxygen atoms in total. The Balaban J connectivity index is 1.18. The molecule has 1 N–H and O–H groups in total. The molecule has 2 fully saturated rings. The van der Waals surface area contributed by atoms with Gasteiger partial charge >= 0.3 is 0 Å². The van der Waals surface area contributed by atoms with E-state index in [1.165, 1.54) is 41.0 Å². The van der Waals surface area contributed by atoms with Crippen molar-refractivity contribution in [1.29, 1.82) is 0 Å². The zero-order valence-electron chi connectivity index (χ0n) is 17.8. The minimum absolute atomic E-state index is 0.141. The highest BCUT2D eigenvalue weighted by atomic mass is 32.1. The predicted octanol–water partition coefficient (Wildman–Crippen LogP) is 4.07. The van der Waals surface area contributed by atoms with Crippen molar-refractivity contribution in [2.75, 3.05) is 19.6 Å². The highest BCUT2D eigenvalue weighted by molar-refractivity contribution is 7.12. The number of hydrogen-bond donors (Lipinski definition) is 1. The molecule has 6 heteroatoms. The standard InChI is InChI=1S/C23H32N4OS/c1-14-9-11-27(25-14)19-12-26(13-19)18-6-4-17(5-7-18)15(2)22-16(3)21-20(29-22)8-10-24-23(21)28/h9,11,15,17-19H,4-8,10,12-13H2,1-3H3,(H,24,28)/t15-,17?,18?/m1/s1. The van der Waals surface area contributed by atoms with Gasteiger partial charge in [-0.25, -0.2) is 0 Å². The number of likely N-dealkylation sites (tertiary alicyclic amines) is 1. The van der Waals surface area contributed by atoms with E-state index >= 15 is 0 Å². The van der Waals surface area contributed by atoms with Gasteiger partial charge in [0, 0.05) is 41.6 Å². The highest BCUT2D eigenvalue weighted by Crippen LogP contribution is 2.44. The summed E-state index contributed by atoms with van der Waals surface area (Å²) in [6.45, 7) is 9.71. The van der Waals surface area contributed by atoms with E-state index < -0.39 is 0 Å². The first-order valence-electron chi connectivity index (χ1n) is 11.2. The zero-order chi connectivity index (χ0) is 20.1. The summed E-state index contributed by atoms with van der Waals surface area (Å²) in [4.78, 5) is 17.7. The lowest BCUT2D eigenvalue weighted by molar-refractivity contribution is 0.0269. The van der Waals surface area contributed by atoms with Gasteiger partial charge in [-0.2, -0.15) is 5.10 Å². The second-order valence-electron chi connectivity index (χ2n) is 9.30. The molecule has 0 unspecified atom stereocenters. The molecule has 4 heterocycles. The number of carbonyl (C=O) groups excluding carboxylic acids is 1. The Hall–Kier alpha value is -1.66. The van der Waals surface area contributed by atoms with E-state index in [0.717, 1.165) is 49.3 Å². The van der Waals surface area contributed by atoms with Crippen LogP contribution >= 0.6 is 11.3 Å². The molecule has 2 aromatic heterocycles. The summed E-state index contributed by atoms with van der Waals surface area (Å²) in [6.07, 6.45) is 8.36. The van der Waals surface area contributed by atoms with Gasteiger partial charge in [-0.3, -0.25) is 14.4 Å². The number of aromatic nitrogens is 2. The monoisotopic (exact) mass is 412 g/mol. The van der Waals surface area contributed by atoms with Gasteiger partial charge < -0.3 is 5.32 Å². The van der Waals surface area contributed by atoms with E-state index in [4.69, 9.17) is 0 Å². The van der Waals surface area contributed by atoms with Gasteiger partial charge in [0.25, 0.3) is 5.91 Å². The molecule has 1 saturated carbocycles. The fourth-order valence-electron chi connectivity index (χ4n) is 5.65. The molecule has 0 radical (unpaired) electrons. The molecule has 0 aromatic carbocycles. The Kier molecular flexibility index (Phi) is 5.03. The van der Waals surface area contributed by atoms with Crippen LogP contribution in [-0.4, -0.2) is 46.3 Å². The normalized spacial score (nSPS) is 26.7. The molecule has 3 aliphatic rings. The van der Waals surface area contributed by atoms with Crippen LogP contribution in [0.4, 0.5) is 0 Å². The third-order valence-corrected chi connectivity index (χ3v) is 9.06. The number of thiophene rings is 1. The Morgan fingerprint density at radius 1 is 1.17 bits per heavy atom. The van der Waals surface area contributed by atoms with E-state index in [1.54, 1.807) is 0 Å². The fourth-order valence-corrected chi connectivity index (χ4v) is 7.10. The highest BCUT2D eigenvalue weighted by Gasteiger charge is 2.37.